The van der Waals surface area contributed by atoms with Gasteiger partial charge in [0, 0.05) is 98.0 Å². The fraction of sp³-hybridized carbons (Fsp3) is 0.136. The molecule has 4 heterocycles. The molecule has 4 aliphatic rings. The van der Waals surface area contributed by atoms with Gasteiger partial charge in [0.15, 0.2) is 158 Å². The van der Waals surface area contributed by atoms with Gasteiger partial charge in [0.25, 0.3) is 0 Å². The second kappa shape index (κ2) is 31.2. The molecular formula is C88H66O40. The maximum absolute atomic E-state index is 15.6. The highest BCUT2D eigenvalue weighted by Gasteiger charge is 2.57. The first-order valence-electron chi connectivity index (χ1n) is 37.5. The number of carbonyl (C=O) groups is 4. The van der Waals surface area contributed by atoms with Crippen LogP contribution in [-0.4, -0.2) is 191 Å². The van der Waals surface area contributed by atoms with Crippen LogP contribution >= 0.6 is 0 Å². The van der Waals surface area contributed by atoms with E-state index in [-0.39, 0.29) is 11.1 Å². The van der Waals surface area contributed by atoms with Gasteiger partial charge in [-0.15, -0.1) is 0 Å². The third-order valence-corrected chi connectivity index (χ3v) is 22.1. The Balaban J connectivity index is 1.03. The Labute approximate surface area is 713 Å². The molecule has 0 aromatic heterocycles. The largest absolute Gasteiger partial charge is 0.508 e. The minimum absolute atomic E-state index is 0.267. The Morgan fingerprint density at radius 3 is 0.805 bits per heavy atom. The molecule has 40 nitrogen and oxygen atoms in total. The van der Waals surface area contributed by atoms with E-state index < -0.39 is 353 Å². The number of hydrogen-bond acceptors (Lipinski definition) is 40. The number of phenolic OH excluding ortho intramolecular Hbond substituents is 28. The van der Waals surface area contributed by atoms with Gasteiger partial charge >= 0.3 is 23.9 Å². The summed E-state index contributed by atoms with van der Waals surface area (Å²) < 4.78 is 52.5. The number of carbonyl (C=O) groups excluding carboxylic acids is 4. The second-order valence-electron chi connectivity index (χ2n) is 29.9. The molecule has 11 atom stereocenters. The zero-order valence-corrected chi connectivity index (χ0v) is 64.4. The SMILES string of the molecule is O=C(O[C@@H]1[C@H](c2c(O)cc(O)c3c2O[C@H](c2ccc(O)c(O)c2)[C@H](OC(=O)c2cc(O)c(O)c(O)c2)C3)c2c(O)cc(O)c([C@H]3c4c(O)cc(O)c([C@@H]5c6c(O)cc(O)cc6O[C@H](c6ccc(O)c(O)c6)[C@@H]5OC(=O)c5cc(O)c(O)c(O)c5)c4O[C@H](c4ccc(O)c(O)c4)[C@@H]3OC(=O)c3cc(O)c(O)c(O)c3)c2O[C@@H]1c1ccc(O)c(O)c1)c1cc(O)c(O)c(O)c1. The molecule has 0 saturated carbocycles. The topological polar surface area (TPSA) is 709 Å². The fourth-order valence-corrected chi connectivity index (χ4v) is 16.2. The lowest BCUT2D eigenvalue weighted by Gasteiger charge is -2.45. The fourth-order valence-electron chi connectivity index (χ4n) is 16.2. The van der Waals surface area contributed by atoms with Gasteiger partial charge in [-0.25, -0.2) is 19.2 Å². The van der Waals surface area contributed by atoms with E-state index in [1.54, 1.807) is 0 Å². The molecule has 0 saturated heterocycles. The number of benzene rings is 12. The number of hydrogen-bond donors (Lipinski definition) is 28. The normalized spacial score (nSPS) is 19.5. The minimum Gasteiger partial charge on any atom is -0.508 e. The average molecular weight is 1760 g/mol. The van der Waals surface area contributed by atoms with E-state index in [1.807, 2.05) is 0 Å². The molecule has 0 spiro atoms. The Bertz CT molecular complexity index is 6610. The molecule has 0 bridgehead atoms. The van der Waals surface area contributed by atoms with Crippen LogP contribution in [0.25, 0.3) is 0 Å². The van der Waals surface area contributed by atoms with Crippen LogP contribution in [0, 0.1) is 0 Å². The Kier molecular flexibility index (Phi) is 20.4. The van der Waals surface area contributed by atoms with E-state index in [2.05, 4.69) is 0 Å². The van der Waals surface area contributed by atoms with Gasteiger partial charge in [0.2, 0.25) is 0 Å². The Morgan fingerprint density at radius 1 is 0.234 bits per heavy atom. The van der Waals surface area contributed by atoms with Crippen molar-refractivity contribution in [2.45, 2.75) is 73.0 Å². The van der Waals surface area contributed by atoms with Crippen molar-refractivity contribution in [3.05, 3.63) is 235 Å². The van der Waals surface area contributed by atoms with Crippen LogP contribution in [0.5, 0.6) is 184 Å². The van der Waals surface area contributed by atoms with Gasteiger partial charge in [-0.3, -0.25) is 0 Å². The highest BCUT2D eigenvalue weighted by atomic mass is 16.6. The monoisotopic (exact) mass is 1760 g/mol. The lowest BCUT2D eigenvalue weighted by Crippen LogP contribution is -2.43. The summed E-state index contributed by atoms with van der Waals surface area (Å²) in [5.74, 6) is -47.4. The molecule has 40 heteroatoms. The molecule has 0 radical (unpaired) electrons. The van der Waals surface area contributed by atoms with Crippen LogP contribution in [0.1, 0.15) is 145 Å². The van der Waals surface area contributed by atoms with E-state index in [4.69, 9.17) is 37.9 Å². The van der Waals surface area contributed by atoms with Crippen LogP contribution in [-0.2, 0) is 25.4 Å². The van der Waals surface area contributed by atoms with Crippen LogP contribution in [0.2, 0.25) is 0 Å². The Hall–Kier alpha value is -17.9. The molecule has 12 aromatic carbocycles. The van der Waals surface area contributed by atoms with Crippen molar-refractivity contribution >= 4 is 23.9 Å². The van der Waals surface area contributed by atoms with Crippen LogP contribution < -0.4 is 18.9 Å². The summed E-state index contributed by atoms with van der Waals surface area (Å²) in [6.45, 7) is 0. The van der Waals surface area contributed by atoms with Crippen molar-refractivity contribution in [1.82, 2.24) is 0 Å². The molecule has 16 rings (SSSR count). The minimum atomic E-state index is -2.62. The molecule has 4 aliphatic heterocycles. The number of fused-ring (bicyclic) bond motifs is 4. The van der Waals surface area contributed by atoms with Crippen molar-refractivity contribution in [2.75, 3.05) is 0 Å². The van der Waals surface area contributed by atoms with Gasteiger partial charge in [-0.2, -0.15) is 0 Å². The van der Waals surface area contributed by atoms with Crippen molar-refractivity contribution in [1.29, 1.82) is 0 Å². The van der Waals surface area contributed by atoms with Crippen LogP contribution in [0.15, 0.2) is 152 Å². The van der Waals surface area contributed by atoms with E-state index in [0.717, 1.165) is 78.9 Å². The number of aromatic hydroxyl groups is 28. The zero-order valence-electron chi connectivity index (χ0n) is 64.4. The standard InChI is InChI=1S/C88H66O40/c89-35-21-46(99)62-60(22-35)121-76(28-2-6-38(91)43(96)10-28)82(126-86(118)32-15-54(107)72(114)55(108)16-32)68(62)64-48(101)25-50(103)66-70(84(128-88(120)34-19-58(111)74(116)59(112)20-34)78(124-80(64)66)30-4-8-40(93)45(98)12-30)67-51(104)26-49(102)65-69(83(127-87(119)33-17-56(109)73(115)57(110)18-33)77(125-81(65)67)29-3-7-39(92)44(97)11-29)63-47(100)24-41(94)36-23-61(122-85(117)31-13-52(105)71(113)53(106)14-31)75(123-79(36)63)27-1-5-37(90)42(95)9-27/h1-22,24-26,61,68-70,75-78,82-84,89-116H,23H2/t61-,68+,69-,70-,75-,76-,77-,78-,82-,83-,84-/m1/s1. The molecule has 28 N–H and O–H groups in total. The van der Waals surface area contributed by atoms with Gasteiger partial charge in [-0.1, -0.05) is 24.3 Å². The van der Waals surface area contributed by atoms with Gasteiger partial charge in [-0.05, 0) is 97.1 Å². The molecule has 658 valence electrons. The molecule has 0 fully saturated rings. The maximum Gasteiger partial charge on any atom is 0.338 e. The summed E-state index contributed by atoms with van der Waals surface area (Å²) in [5, 5.41) is 320. The highest BCUT2D eigenvalue weighted by molar-refractivity contribution is 5.94. The molecule has 0 unspecified atom stereocenters. The molecule has 0 amide bonds. The lowest BCUT2D eigenvalue weighted by atomic mass is 9.71. The smallest absolute Gasteiger partial charge is 0.338 e. The Morgan fingerprint density at radius 2 is 0.492 bits per heavy atom. The molecule has 0 aliphatic carbocycles. The van der Waals surface area contributed by atoms with Crippen molar-refractivity contribution in [3.63, 3.8) is 0 Å². The number of phenols is 28. The summed E-state index contributed by atoms with van der Waals surface area (Å²) in [7, 11) is 0. The molecule has 128 heavy (non-hydrogen) atoms. The summed E-state index contributed by atoms with van der Waals surface area (Å²) in [5.41, 5.74) is -10.7. The van der Waals surface area contributed by atoms with Crippen LogP contribution in [0.3, 0.4) is 0 Å². The first-order chi connectivity index (χ1) is 60.6. The summed E-state index contributed by atoms with van der Waals surface area (Å²) >= 11 is 0. The van der Waals surface area contributed by atoms with Crippen molar-refractivity contribution in [2.24, 2.45) is 0 Å². The van der Waals surface area contributed by atoms with E-state index >= 15 is 14.4 Å². The predicted octanol–water partition coefficient (Wildman–Crippen LogP) is 9.82. The van der Waals surface area contributed by atoms with Crippen LogP contribution in [0.4, 0.5) is 0 Å². The van der Waals surface area contributed by atoms with Crippen molar-refractivity contribution < 1.29 is 200 Å². The lowest BCUT2D eigenvalue weighted by molar-refractivity contribution is -0.0364. The molecular weight excluding hydrogens is 1700 g/mol. The summed E-state index contributed by atoms with van der Waals surface area (Å²) in [6.07, 6.45) is -19.0. The quantitative estimate of drug-likeness (QED) is 0.0258. The third kappa shape index (κ3) is 14.3. The second-order valence-corrected chi connectivity index (χ2v) is 29.9. The zero-order chi connectivity index (χ0) is 91.8. The first-order valence-corrected chi connectivity index (χ1v) is 37.5. The highest BCUT2D eigenvalue weighted by Crippen LogP contribution is 2.67. The number of ether oxygens (including phenoxy) is 8. The van der Waals surface area contributed by atoms with E-state index in [0.29, 0.717) is 72.8 Å². The van der Waals surface area contributed by atoms with E-state index in [1.165, 1.54) is 0 Å². The third-order valence-electron chi connectivity index (χ3n) is 22.1. The summed E-state index contributed by atoms with van der Waals surface area (Å²) in [6, 6.07) is 18.9. The number of rotatable bonds is 15. The number of esters is 4. The predicted molar refractivity (Wildman–Crippen MR) is 423 cm³/mol. The molecule has 12 aromatic rings. The van der Waals surface area contributed by atoms with Gasteiger partial charge in [0.05, 0.1) is 40.0 Å². The van der Waals surface area contributed by atoms with E-state index in [9.17, 15) is 148 Å². The maximum atomic E-state index is 15.6. The van der Waals surface area contributed by atoms with Gasteiger partial charge in [0.1, 0.15) is 75.1 Å². The summed E-state index contributed by atoms with van der Waals surface area (Å²) in [4.78, 5) is 60.4. The van der Waals surface area contributed by atoms with Gasteiger partial charge < -0.3 is 181 Å². The first kappa shape index (κ1) is 83.8. The average Bonchev–Trinajstić information content (AvgIpc) is 0.728. The van der Waals surface area contributed by atoms with Crippen molar-refractivity contribution in [3.8, 4) is 184 Å².